The van der Waals surface area contributed by atoms with Crippen LogP contribution in [0.2, 0.25) is 5.02 Å². The van der Waals surface area contributed by atoms with E-state index in [2.05, 4.69) is 20.8 Å². The third-order valence-corrected chi connectivity index (χ3v) is 3.79. The maximum atomic E-state index is 12.3. The largest absolute Gasteiger partial charge is 0.387 e. The van der Waals surface area contributed by atoms with Crippen LogP contribution in [0.5, 0.6) is 0 Å². The highest BCUT2D eigenvalue weighted by atomic mass is 35.5. The van der Waals surface area contributed by atoms with Gasteiger partial charge in [-0.3, -0.25) is 4.79 Å². The third-order valence-electron chi connectivity index (χ3n) is 3.44. The lowest BCUT2D eigenvalue weighted by Gasteiger charge is -2.14. The molecule has 0 unspecified atom stereocenters. The standard InChI is InChI=1S/C16H14ClN5O2/c17-14-7-2-1-6-13(14)15(23)9-18-16(24)11-4-3-5-12(8-11)22-10-19-20-21-22/h1-8,10,15,23H,9H2,(H,18,24)/t15-/m1/s1. The molecule has 0 saturated carbocycles. The molecular formula is C16H14ClN5O2. The van der Waals surface area contributed by atoms with Crippen LogP contribution in [0, 0.1) is 0 Å². The third kappa shape index (κ3) is 3.58. The van der Waals surface area contributed by atoms with Gasteiger partial charge in [0.05, 0.1) is 11.8 Å². The van der Waals surface area contributed by atoms with E-state index in [1.54, 1.807) is 48.5 Å². The van der Waals surface area contributed by atoms with Crippen LogP contribution in [0.3, 0.4) is 0 Å². The molecule has 24 heavy (non-hydrogen) atoms. The van der Waals surface area contributed by atoms with Crippen LogP contribution in [-0.4, -0.2) is 37.8 Å². The Bertz CT molecular complexity index is 838. The van der Waals surface area contributed by atoms with E-state index in [0.717, 1.165) is 0 Å². The van der Waals surface area contributed by atoms with Crippen molar-refractivity contribution in [1.29, 1.82) is 0 Å². The summed E-state index contributed by atoms with van der Waals surface area (Å²) in [5.41, 5.74) is 1.68. The Morgan fingerprint density at radius 2 is 2.08 bits per heavy atom. The molecule has 0 aliphatic carbocycles. The van der Waals surface area contributed by atoms with Crippen molar-refractivity contribution in [3.8, 4) is 5.69 Å². The van der Waals surface area contributed by atoms with Crippen LogP contribution >= 0.6 is 11.6 Å². The average Bonchev–Trinajstić information content (AvgIpc) is 3.14. The summed E-state index contributed by atoms with van der Waals surface area (Å²) in [6.07, 6.45) is 0.559. The van der Waals surface area contributed by atoms with Gasteiger partial charge in [0, 0.05) is 22.7 Å². The number of amides is 1. The molecular weight excluding hydrogens is 330 g/mol. The van der Waals surface area contributed by atoms with Crippen molar-refractivity contribution >= 4 is 17.5 Å². The van der Waals surface area contributed by atoms with E-state index in [1.807, 2.05) is 0 Å². The summed E-state index contributed by atoms with van der Waals surface area (Å²) in [6.45, 7) is 0.0532. The van der Waals surface area contributed by atoms with Gasteiger partial charge in [-0.05, 0) is 34.7 Å². The average molecular weight is 344 g/mol. The van der Waals surface area contributed by atoms with Gasteiger partial charge in [-0.1, -0.05) is 35.9 Å². The van der Waals surface area contributed by atoms with E-state index in [1.165, 1.54) is 11.0 Å². The van der Waals surface area contributed by atoms with Crippen molar-refractivity contribution in [1.82, 2.24) is 25.5 Å². The van der Waals surface area contributed by atoms with Crippen molar-refractivity contribution in [2.75, 3.05) is 6.54 Å². The molecule has 1 heterocycles. The van der Waals surface area contributed by atoms with Gasteiger partial charge in [-0.2, -0.15) is 0 Å². The fraction of sp³-hybridized carbons (Fsp3) is 0.125. The lowest BCUT2D eigenvalue weighted by atomic mass is 10.1. The van der Waals surface area contributed by atoms with E-state index < -0.39 is 6.10 Å². The number of aromatic nitrogens is 4. The summed E-state index contributed by atoms with van der Waals surface area (Å²) in [5, 5.41) is 24.2. The van der Waals surface area contributed by atoms with Crippen molar-refractivity contribution in [2.24, 2.45) is 0 Å². The zero-order chi connectivity index (χ0) is 16.9. The molecule has 1 atom stereocenters. The summed E-state index contributed by atoms with van der Waals surface area (Å²) in [4.78, 5) is 12.3. The van der Waals surface area contributed by atoms with Crippen LogP contribution in [0.15, 0.2) is 54.9 Å². The molecule has 122 valence electrons. The molecule has 0 saturated heterocycles. The van der Waals surface area contributed by atoms with Crippen LogP contribution < -0.4 is 5.32 Å². The van der Waals surface area contributed by atoms with Crippen LogP contribution in [0.25, 0.3) is 5.69 Å². The van der Waals surface area contributed by atoms with Gasteiger partial charge in [0.1, 0.15) is 6.33 Å². The van der Waals surface area contributed by atoms with Crippen LogP contribution in [0.1, 0.15) is 22.0 Å². The van der Waals surface area contributed by atoms with Gasteiger partial charge in [-0.15, -0.1) is 5.10 Å². The number of hydrogen-bond acceptors (Lipinski definition) is 5. The molecule has 0 spiro atoms. The zero-order valence-electron chi connectivity index (χ0n) is 12.5. The second kappa shape index (κ2) is 7.20. The summed E-state index contributed by atoms with van der Waals surface area (Å²) in [7, 11) is 0. The smallest absolute Gasteiger partial charge is 0.251 e. The predicted molar refractivity (Wildman–Crippen MR) is 87.9 cm³/mol. The fourth-order valence-electron chi connectivity index (χ4n) is 2.22. The molecule has 1 aromatic heterocycles. The molecule has 2 N–H and O–H groups in total. The molecule has 1 amide bonds. The molecule has 3 rings (SSSR count). The Balaban J connectivity index is 1.67. The highest BCUT2D eigenvalue weighted by Gasteiger charge is 2.13. The Kier molecular flexibility index (Phi) is 4.83. The number of carbonyl (C=O) groups excluding carboxylic acids is 1. The molecule has 2 aromatic carbocycles. The minimum Gasteiger partial charge on any atom is -0.387 e. The summed E-state index contributed by atoms with van der Waals surface area (Å²) in [6, 6.07) is 13.8. The Morgan fingerprint density at radius 3 is 2.83 bits per heavy atom. The maximum Gasteiger partial charge on any atom is 0.251 e. The highest BCUT2D eigenvalue weighted by Crippen LogP contribution is 2.22. The first kappa shape index (κ1) is 16.1. The Hall–Kier alpha value is -2.77. The number of nitrogens with zero attached hydrogens (tertiary/aromatic N) is 4. The van der Waals surface area contributed by atoms with Crippen LogP contribution in [0.4, 0.5) is 0 Å². The Morgan fingerprint density at radius 1 is 1.25 bits per heavy atom. The van der Waals surface area contributed by atoms with Crippen molar-refractivity contribution in [3.05, 3.63) is 71.0 Å². The summed E-state index contributed by atoms with van der Waals surface area (Å²) in [5.74, 6) is -0.309. The first-order valence-electron chi connectivity index (χ1n) is 7.19. The van der Waals surface area contributed by atoms with Crippen molar-refractivity contribution < 1.29 is 9.90 Å². The summed E-state index contributed by atoms with van der Waals surface area (Å²) < 4.78 is 1.45. The number of halogens is 1. The van der Waals surface area contributed by atoms with E-state index >= 15 is 0 Å². The van der Waals surface area contributed by atoms with E-state index in [9.17, 15) is 9.90 Å². The number of rotatable bonds is 5. The quantitative estimate of drug-likeness (QED) is 0.736. The number of aliphatic hydroxyl groups is 1. The first-order chi connectivity index (χ1) is 11.6. The minimum absolute atomic E-state index is 0.0532. The van der Waals surface area contributed by atoms with Gasteiger partial charge >= 0.3 is 0 Å². The fourth-order valence-corrected chi connectivity index (χ4v) is 2.48. The number of benzene rings is 2. The van der Waals surface area contributed by atoms with Crippen LogP contribution in [-0.2, 0) is 0 Å². The molecule has 0 fully saturated rings. The molecule has 0 aliphatic rings. The SMILES string of the molecule is O=C(NC[C@@H](O)c1ccccc1Cl)c1cccc(-n2cnnn2)c1. The number of carbonyl (C=O) groups is 1. The number of tetrazole rings is 1. The van der Waals surface area contributed by atoms with Gasteiger partial charge < -0.3 is 10.4 Å². The maximum absolute atomic E-state index is 12.3. The van der Waals surface area contributed by atoms with Gasteiger partial charge in [0.15, 0.2) is 0 Å². The molecule has 0 bridgehead atoms. The second-order valence-corrected chi connectivity index (χ2v) is 5.46. The molecule has 7 nitrogen and oxygen atoms in total. The lowest BCUT2D eigenvalue weighted by Crippen LogP contribution is -2.28. The Labute approximate surface area is 142 Å². The van der Waals surface area contributed by atoms with Gasteiger partial charge in [0.2, 0.25) is 0 Å². The first-order valence-corrected chi connectivity index (χ1v) is 7.57. The zero-order valence-corrected chi connectivity index (χ0v) is 13.3. The number of hydrogen-bond donors (Lipinski definition) is 2. The van der Waals surface area contributed by atoms with E-state index in [4.69, 9.17) is 11.6 Å². The van der Waals surface area contributed by atoms with Crippen molar-refractivity contribution in [3.63, 3.8) is 0 Å². The molecule has 0 aliphatic heterocycles. The van der Waals surface area contributed by atoms with Gasteiger partial charge in [-0.25, -0.2) is 4.68 Å². The summed E-state index contributed by atoms with van der Waals surface area (Å²) >= 11 is 6.04. The van der Waals surface area contributed by atoms with E-state index in [0.29, 0.717) is 21.8 Å². The van der Waals surface area contributed by atoms with Gasteiger partial charge in [0.25, 0.3) is 5.91 Å². The topological polar surface area (TPSA) is 92.9 Å². The number of aliphatic hydroxyl groups excluding tert-OH is 1. The normalized spacial score (nSPS) is 11.9. The monoisotopic (exact) mass is 343 g/mol. The van der Waals surface area contributed by atoms with Crippen molar-refractivity contribution in [2.45, 2.75) is 6.10 Å². The molecule has 8 heteroatoms. The predicted octanol–water partition coefficient (Wildman–Crippen LogP) is 1.78. The highest BCUT2D eigenvalue weighted by molar-refractivity contribution is 6.31. The second-order valence-electron chi connectivity index (χ2n) is 5.05. The molecule has 3 aromatic rings. The van der Waals surface area contributed by atoms with E-state index in [-0.39, 0.29) is 12.5 Å². The minimum atomic E-state index is -0.884. The molecule has 0 radical (unpaired) electrons. The number of nitrogens with one attached hydrogen (secondary N) is 1. The lowest BCUT2D eigenvalue weighted by molar-refractivity contribution is 0.0916.